The summed E-state index contributed by atoms with van der Waals surface area (Å²) < 4.78 is 3.77. The summed E-state index contributed by atoms with van der Waals surface area (Å²) in [5.41, 5.74) is 0. The van der Waals surface area contributed by atoms with E-state index in [2.05, 4.69) is 11.9 Å². The van der Waals surface area contributed by atoms with Gasteiger partial charge in [0.2, 0.25) is 0 Å². The van der Waals surface area contributed by atoms with Gasteiger partial charge < -0.3 is 5.11 Å². The number of aliphatic imine (C=N–C) groups is 1. The van der Waals surface area contributed by atoms with Crippen LogP contribution in [0.1, 0.15) is 25.6 Å². The second kappa shape index (κ2) is 4.79. The highest BCUT2D eigenvalue weighted by Crippen LogP contribution is 1.98. The Balaban J connectivity index is 2.94. The predicted molar refractivity (Wildman–Crippen MR) is 53.0 cm³/mol. The van der Waals surface area contributed by atoms with Crippen LogP contribution in [0.15, 0.2) is 17.4 Å². The molecule has 0 fully saturated rings. The fraction of sp³-hybridized carbons (Fsp3) is 0.600. The SMILES string of the molecule is CCCCn1cc[n+](C)c1C([O-])=NC. The highest BCUT2D eigenvalue weighted by molar-refractivity contribution is 5.85. The topological polar surface area (TPSA) is 44.2 Å². The van der Waals surface area contributed by atoms with Gasteiger partial charge in [-0.15, -0.1) is 0 Å². The van der Waals surface area contributed by atoms with Gasteiger partial charge in [-0.1, -0.05) is 13.3 Å². The molecule has 0 saturated carbocycles. The minimum absolute atomic E-state index is 0.159. The van der Waals surface area contributed by atoms with Gasteiger partial charge >= 0.3 is 0 Å². The van der Waals surface area contributed by atoms with Crippen LogP contribution in [0.25, 0.3) is 0 Å². The lowest BCUT2D eigenvalue weighted by Crippen LogP contribution is -2.40. The maximum absolute atomic E-state index is 11.5. The van der Waals surface area contributed by atoms with E-state index >= 15 is 0 Å². The van der Waals surface area contributed by atoms with Crippen molar-refractivity contribution >= 4 is 5.90 Å². The van der Waals surface area contributed by atoms with Crippen molar-refractivity contribution < 1.29 is 9.67 Å². The summed E-state index contributed by atoms with van der Waals surface area (Å²) in [7, 11) is 3.39. The Morgan fingerprint density at radius 1 is 1.64 bits per heavy atom. The van der Waals surface area contributed by atoms with Crippen LogP contribution in [-0.4, -0.2) is 17.5 Å². The number of hydrogen-bond acceptors (Lipinski definition) is 2. The summed E-state index contributed by atoms with van der Waals surface area (Å²) in [6.45, 7) is 3.02. The van der Waals surface area contributed by atoms with E-state index in [9.17, 15) is 5.11 Å². The molecule has 0 aliphatic carbocycles. The average Bonchev–Trinajstić information content (AvgIpc) is 2.55. The third kappa shape index (κ3) is 2.13. The minimum atomic E-state index is -0.159. The van der Waals surface area contributed by atoms with Crippen molar-refractivity contribution in [2.45, 2.75) is 26.3 Å². The third-order valence-electron chi connectivity index (χ3n) is 2.22. The lowest BCUT2D eigenvalue weighted by molar-refractivity contribution is -0.674. The molecule has 4 nitrogen and oxygen atoms in total. The van der Waals surface area contributed by atoms with Crippen LogP contribution in [0.2, 0.25) is 0 Å². The van der Waals surface area contributed by atoms with Gasteiger partial charge in [0.1, 0.15) is 12.4 Å². The molecule has 0 spiro atoms. The molecule has 0 saturated heterocycles. The van der Waals surface area contributed by atoms with Gasteiger partial charge in [-0.3, -0.25) is 4.99 Å². The molecule has 0 N–H and O–H groups in total. The number of aromatic nitrogens is 2. The first-order valence-corrected chi connectivity index (χ1v) is 4.89. The van der Waals surface area contributed by atoms with Gasteiger partial charge in [0.05, 0.1) is 19.5 Å². The van der Waals surface area contributed by atoms with E-state index in [1.54, 1.807) is 0 Å². The van der Waals surface area contributed by atoms with E-state index in [1.165, 1.54) is 7.05 Å². The fourth-order valence-electron chi connectivity index (χ4n) is 1.41. The molecule has 1 aromatic rings. The maximum atomic E-state index is 11.5. The van der Waals surface area contributed by atoms with Crippen LogP contribution in [0.5, 0.6) is 0 Å². The maximum Gasteiger partial charge on any atom is 0.291 e. The molecule has 78 valence electrons. The molecular weight excluding hydrogens is 178 g/mol. The molecule has 0 aromatic carbocycles. The largest absolute Gasteiger partial charge is 0.853 e. The first-order chi connectivity index (χ1) is 6.70. The molecular formula is C10H17N3O. The van der Waals surface area contributed by atoms with E-state index in [-0.39, 0.29) is 5.90 Å². The smallest absolute Gasteiger partial charge is 0.291 e. The quantitative estimate of drug-likeness (QED) is 0.374. The number of hydrogen-bond donors (Lipinski definition) is 0. The Morgan fingerprint density at radius 3 is 2.93 bits per heavy atom. The normalized spacial score (nSPS) is 12.1. The second-order valence-electron chi connectivity index (χ2n) is 3.31. The molecule has 0 unspecified atom stereocenters. The van der Waals surface area contributed by atoms with Crippen molar-refractivity contribution in [1.82, 2.24) is 4.57 Å². The van der Waals surface area contributed by atoms with Crippen molar-refractivity contribution in [1.29, 1.82) is 0 Å². The van der Waals surface area contributed by atoms with Crippen LogP contribution in [-0.2, 0) is 13.6 Å². The van der Waals surface area contributed by atoms with Crippen LogP contribution >= 0.6 is 0 Å². The Morgan fingerprint density at radius 2 is 2.36 bits per heavy atom. The number of imidazole rings is 1. The number of aryl methyl sites for hydroxylation is 2. The fourth-order valence-corrected chi connectivity index (χ4v) is 1.41. The molecule has 14 heavy (non-hydrogen) atoms. The highest BCUT2D eigenvalue weighted by Gasteiger charge is 2.13. The summed E-state index contributed by atoms with van der Waals surface area (Å²) in [5, 5.41) is 11.5. The molecule has 0 aliphatic rings. The van der Waals surface area contributed by atoms with Crippen LogP contribution in [0.3, 0.4) is 0 Å². The second-order valence-corrected chi connectivity index (χ2v) is 3.31. The minimum Gasteiger partial charge on any atom is -0.853 e. The van der Waals surface area contributed by atoms with Crippen LogP contribution < -0.4 is 9.67 Å². The lowest BCUT2D eigenvalue weighted by atomic mass is 10.3. The number of nitrogens with zero attached hydrogens (tertiary/aromatic N) is 3. The van der Waals surface area contributed by atoms with Gasteiger partial charge in [-0.05, 0) is 6.42 Å². The van der Waals surface area contributed by atoms with Gasteiger partial charge in [0.25, 0.3) is 5.82 Å². The van der Waals surface area contributed by atoms with Crippen LogP contribution in [0, 0.1) is 0 Å². The zero-order chi connectivity index (χ0) is 10.6. The molecule has 0 aliphatic heterocycles. The number of unbranched alkanes of at least 4 members (excludes halogenated alkanes) is 1. The zero-order valence-corrected chi connectivity index (χ0v) is 9.03. The van der Waals surface area contributed by atoms with Gasteiger partial charge in [0.15, 0.2) is 0 Å². The predicted octanol–water partition coefficient (Wildman–Crippen LogP) is -0.151. The summed E-state index contributed by atoms with van der Waals surface area (Å²) in [6.07, 6.45) is 6.01. The van der Waals surface area contributed by atoms with Crippen molar-refractivity contribution in [3.63, 3.8) is 0 Å². The summed E-state index contributed by atoms with van der Waals surface area (Å²) in [6, 6.07) is 0. The van der Waals surface area contributed by atoms with E-state index in [1.807, 2.05) is 28.6 Å². The first kappa shape index (κ1) is 10.8. The van der Waals surface area contributed by atoms with E-state index < -0.39 is 0 Å². The van der Waals surface area contributed by atoms with Gasteiger partial charge in [-0.2, -0.15) is 0 Å². The van der Waals surface area contributed by atoms with Gasteiger partial charge in [0, 0.05) is 7.05 Å². The zero-order valence-electron chi connectivity index (χ0n) is 9.03. The van der Waals surface area contributed by atoms with E-state index in [4.69, 9.17) is 0 Å². The summed E-state index contributed by atoms with van der Waals surface area (Å²) in [5.74, 6) is 0.495. The Hall–Kier alpha value is -1.32. The molecule has 0 amide bonds. The Bertz CT molecular complexity index is 328. The average molecular weight is 195 g/mol. The molecule has 0 radical (unpaired) electrons. The van der Waals surface area contributed by atoms with E-state index in [0.717, 1.165) is 19.4 Å². The lowest BCUT2D eigenvalue weighted by Gasteiger charge is -2.07. The molecule has 4 heteroatoms. The molecule has 1 rings (SSSR count). The van der Waals surface area contributed by atoms with Crippen molar-refractivity contribution in [3.8, 4) is 0 Å². The highest BCUT2D eigenvalue weighted by atomic mass is 16.3. The van der Waals surface area contributed by atoms with E-state index in [0.29, 0.717) is 5.82 Å². The monoisotopic (exact) mass is 195 g/mol. The Labute approximate surface area is 84.5 Å². The van der Waals surface area contributed by atoms with Gasteiger partial charge in [-0.25, -0.2) is 9.13 Å². The van der Waals surface area contributed by atoms with Crippen molar-refractivity contribution in [3.05, 3.63) is 18.2 Å². The van der Waals surface area contributed by atoms with Crippen molar-refractivity contribution in [2.24, 2.45) is 12.0 Å². The first-order valence-electron chi connectivity index (χ1n) is 4.89. The molecule has 0 atom stereocenters. The number of rotatable bonds is 4. The molecule has 1 aromatic heterocycles. The molecule has 1 heterocycles. The molecule has 0 bridgehead atoms. The summed E-state index contributed by atoms with van der Waals surface area (Å²) >= 11 is 0. The van der Waals surface area contributed by atoms with Crippen LogP contribution in [0.4, 0.5) is 0 Å². The summed E-state index contributed by atoms with van der Waals surface area (Å²) in [4.78, 5) is 3.68. The third-order valence-corrected chi connectivity index (χ3v) is 2.22. The standard InChI is InChI=1S/C10H17N3O/c1-4-5-6-13-8-7-12(3)10(13)9(14)11-2/h7-8H,4-6H2,1-3H3. The Kier molecular flexibility index (Phi) is 3.68. The van der Waals surface area contributed by atoms with Crippen molar-refractivity contribution in [2.75, 3.05) is 7.05 Å².